The van der Waals surface area contributed by atoms with Gasteiger partial charge in [-0.3, -0.25) is 0 Å². The first-order valence-corrected chi connectivity index (χ1v) is 10.0. The molecule has 3 aromatic carbocycles. The summed E-state index contributed by atoms with van der Waals surface area (Å²) in [5.74, 6) is -0.189. The van der Waals surface area contributed by atoms with Crippen LogP contribution in [-0.2, 0) is 4.74 Å². The Bertz CT molecular complexity index is 958. The predicted octanol–water partition coefficient (Wildman–Crippen LogP) is 4.95. The molecular formula is C24H22ClNO3. The van der Waals surface area contributed by atoms with E-state index >= 15 is 0 Å². The Morgan fingerprint density at radius 2 is 1.55 bits per heavy atom. The van der Waals surface area contributed by atoms with Gasteiger partial charge in [0.1, 0.15) is 6.61 Å². The Kier molecular flexibility index (Phi) is 5.84. The maximum absolute atomic E-state index is 12.3. The van der Waals surface area contributed by atoms with Gasteiger partial charge in [-0.15, -0.1) is 0 Å². The van der Waals surface area contributed by atoms with Crippen molar-refractivity contribution in [1.82, 2.24) is 5.32 Å². The largest absolute Gasteiger partial charge is 0.449 e. The highest BCUT2D eigenvalue weighted by atomic mass is 35.5. The third-order valence-electron chi connectivity index (χ3n) is 5.40. The van der Waals surface area contributed by atoms with E-state index in [1.54, 1.807) is 12.1 Å². The molecule has 0 saturated carbocycles. The minimum Gasteiger partial charge on any atom is -0.449 e. The molecule has 1 aliphatic rings. The molecule has 2 N–H and O–H groups in total. The minimum atomic E-state index is -0.487. The Labute approximate surface area is 175 Å². The number of nitrogens with one attached hydrogen (secondary N) is 1. The second-order valence-electron chi connectivity index (χ2n) is 7.14. The summed E-state index contributed by atoms with van der Waals surface area (Å²) in [7, 11) is 0. The van der Waals surface area contributed by atoms with E-state index in [-0.39, 0.29) is 31.6 Å². The van der Waals surface area contributed by atoms with E-state index in [1.807, 2.05) is 36.4 Å². The summed E-state index contributed by atoms with van der Waals surface area (Å²) in [4.78, 5) is 12.3. The average Bonchev–Trinajstić information content (AvgIpc) is 3.08. The van der Waals surface area contributed by atoms with Gasteiger partial charge in [0.05, 0.1) is 6.61 Å². The lowest BCUT2D eigenvalue weighted by atomic mass is 9.98. The van der Waals surface area contributed by atoms with Gasteiger partial charge in [-0.05, 0) is 39.9 Å². The number of hydrogen-bond acceptors (Lipinski definition) is 3. The van der Waals surface area contributed by atoms with Gasteiger partial charge in [-0.1, -0.05) is 72.3 Å². The third kappa shape index (κ3) is 4.14. The molecule has 0 aliphatic heterocycles. The molecule has 1 aliphatic carbocycles. The highest BCUT2D eigenvalue weighted by Gasteiger charge is 2.29. The van der Waals surface area contributed by atoms with E-state index in [2.05, 4.69) is 29.6 Å². The average molecular weight is 408 g/mol. The highest BCUT2D eigenvalue weighted by Crippen LogP contribution is 2.44. The Morgan fingerprint density at radius 1 is 0.966 bits per heavy atom. The van der Waals surface area contributed by atoms with Gasteiger partial charge < -0.3 is 15.2 Å². The Morgan fingerprint density at radius 3 is 2.14 bits per heavy atom. The summed E-state index contributed by atoms with van der Waals surface area (Å²) < 4.78 is 5.54. The molecule has 0 bridgehead atoms. The van der Waals surface area contributed by atoms with E-state index < -0.39 is 6.09 Å². The van der Waals surface area contributed by atoms with Gasteiger partial charge in [-0.2, -0.15) is 0 Å². The monoisotopic (exact) mass is 407 g/mol. The number of benzene rings is 3. The van der Waals surface area contributed by atoms with Crippen LogP contribution in [0.3, 0.4) is 0 Å². The van der Waals surface area contributed by atoms with Gasteiger partial charge in [0.25, 0.3) is 0 Å². The molecule has 148 valence electrons. The smallest absolute Gasteiger partial charge is 0.407 e. The lowest BCUT2D eigenvalue weighted by Gasteiger charge is -2.17. The molecule has 0 aromatic heterocycles. The van der Waals surface area contributed by atoms with E-state index in [9.17, 15) is 9.90 Å². The summed E-state index contributed by atoms with van der Waals surface area (Å²) in [6.07, 6.45) is -0.487. The quantitative estimate of drug-likeness (QED) is 0.607. The van der Waals surface area contributed by atoms with E-state index in [0.717, 1.165) is 5.56 Å². The van der Waals surface area contributed by atoms with Crippen LogP contribution < -0.4 is 5.32 Å². The van der Waals surface area contributed by atoms with Crippen molar-refractivity contribution in [2.24, 2.45) is 0 Å². The summed E-state index contributed by atoms with van der Waals surface area (Å²) in [5.41, 5.74) is 5.66. The lowest BCUT2D eigenvalue weighted by molar-refractivity contribution is 0.141. The van der Waals surface area contributed by atoms with Crippen molar-refractivity contribution in [3.05, 3.63) is 94.5 Å². The molecule has 0 heterocycles. The molecule has 4 nitrogen and oxygen atoms in total. The zero-order valence-corrected chi connectivity index (χ0v) is 16.6. The molecule has 0 spiro atoms. The topological polar surface area (TPSA) is 58.6 Å². The number of aliphatic hydroxyl groups is 1. The van der Waals surface area contributed by atoms with Crippen LogP contribution in [0, 0.1) is 0 Å². The molecule has 1 unspecified atom stereocenters. The van der Waals surface area contributed by atoms with Crippen molar-refractivity contribution in [2.75, 3.05) is 19.8 Å². The van der Waals surface area contributed by atoms with Gasteiger partial charge in [-0.25, -0.2) is 4.79 Å². The molecule has 29 heavy (non-hydrogen) atoms. The summed E-state index contributed by atoms with van der Waals surface area (Å²) in [5, 5.41) is 13.1. The highest BCUT2D eigenvalue weighted by molar-refractivity contribution is 6.30. The molecule has 1 amide bonds. The van der Waals surface area contributed by atoms with Gasteiger partial charge in [0.15, 0.2) is 0 Å². The van der Waals surface area contributed by atoms with Crippen LogP contribution >= 0.6 is 11.6 Å². The summed E-state index contributed by atoms with van der Waals surface area (Å²) >= 11 is 5.91. The number of rotatable bonds is 6. The number of aliphatic hydroxyl groups excluding tert-OH is 1. The van der Waals surface area contributed by atoms with Crippen molar-refractivity contribution < 1.29 is 14.6 Å². The van der Waals surface area contributed by atoms with Gasteiger partial charge in [0.2, 0.25) is 0 Å². The molecule has 4 rings (SSSR count). The van der Waals surface area contributed by atoms with Crippen LogP contribution in [0.1, 0.15) is 28.5 Å². The van der Waals surface area contributed by atoms with Crippen LogP contribution in [0.2, 0.25) is 5.02 Å². The molecule has 0 fully saturated rings. The molecule has 3 aromatic rings. The van der Waals surface area contributed by atoms with Crippen LogP contribution in [0.4, 0.5) is 4.79 Å². The lowest BCUT2D eigenvalue weighted by Crippen LogP contribution is -2.31. The Balaban J connectivity index is 1.38. The number of ether oxygens (including phenoxy) is 1. The van der Waals surface area contributed by atoms with Crippen molar-refractivity contribution in [1.29, 1.82) is 0 Å². The van der Waals surface area contributed by atoms with Crippen molar-refractivity contribution >= 4 is 17.7 Å². The van der Waals surface area contributed by atoms with Crippen molar-refractivity contribution in [2.45, 2.75) is 11.8 Å². The Hall–Kier alpha value is -2.82. The number of alkyl carbamates (subject to hydrolysis) is 1. The van der Waals surface area contributed by atoms with Gasteiger partial charge >= 0.3 is 6.09 Å². The number of amides is 1. The molecule has 0 saturated heterocycles. The van der Waals surface area contributed by atoms with E-state index in [1.165, 1.54) is 22.3 Å². The first kappa shape index (κ1) is 19.5. The third-order valence-corrected chi connectivity index (χ3v) is 5.65. The fourth-order valence-corrected chi connectivity index (χ4v) is 4.00. The summed E-state index contributed by atoms with van der Waals surface area (Å²) in [6, 6.07) is 23.7. The van der Waals surface area contributed by atoms with E-state index in [0.29, 0.717) is 5.02 Å². The van der Waals surface area contributed by atoms with Crippen LogP contribution in [-0.4, -0.2) is 31.0 Å². The number of fused-ring (bicyclic) bond motifs is 3. The molecule has 1 atom stereocenters. The van der Waals surface area contributed by atoms with Gasteiger partial charge in [0, 0.05) is 23.4 Å². The SMILES string of the molecule is O=C(NCC(CO)c1ccc(Cl)cc1)OCC1c2ccccc2-c2ccccc21. The maximum atomic E-state index is 12.3. The van der Waals surface area contributed by atoms with E-state index in [4.69, 9.17) is 16.3 Å². The normalized spacial score (nSPS) is 13.4. The van der Waals surface area contributed by atoms with Crippen LogP contribution in [0.15, 0.2) is 72.8 Å². The fourth-order valence-electron chi connectivity index (χ4n) is 3.88. The zero-order chi connectivity index (χ0) is 20.2. The van der Waals surface area contributed by atoms with Crippen molar-refractivity contribution in [3.63, 3.8) is 0 Å². The minimum absolute atomic E-state index is 0.0260. The summed E-state index contributed by atoms with van der Waals surface area (Å²) in [6.45, 7) is 0.477. The second-order valence-corrected chi connectivity index (χ2v) is 7.57. The number of carbonyl (C=O) groups is 1. The maximum Gasteiger partial charge on any atom is 0.407 e. The molecule has 5 heteroatoms. The van der Waals surface area contributed by atoms with Crippen LogP contribution in [0.25, 0.3) is 11.1 Å². The molecular weight excluding hydrogens is 386 g/mol. The zero-order valence-electron chi connectivity index (χ0n) is 15.8. The van der Waals surface area contributed by atoms with Crippen molar-refractivity contribution in [3.8, 4) is 11.1 Å². The second kappa shape index (κ2) is 8.68. The number of carbonyl (C=O) groups excluding carboxylic acids is 1. The molecule has 0 radical (unpaired) electrons. The number of hydrogen-bond donors (Lipinski definition) is 2. The van der Waals surface area contributed by atoms with Crippen LogP contribution in [0.5, 0.6) is 0 Å². The standard InChI is InChI=1S/C24H22ClNO3/c25-18-11-9-16(10-12-18)17(14-27)13-26-24(28)29-15-23-21-7-3-1-5-19(21)20-6-2-4-8-22(20)23/h1-12,17,23,27H,13-15H2,(H,26,28). The number of halogens is 1. The first-order chi connectivity index (χ1) is 14.2. The fraction of sp³-hybridized carbons (Fsp3) is 0.208. The predicted molar refractivity (Wildman–Crippen MR) is 114 cm³/mol. The first-order valence-electron chi connectivity index (χ1n) is 9.62.